The summed E-state index contributed by atoms with van der Waals surface area (Å²) in [4.78, 5) is 33.7. The first kappa shape index (κ1) is 16.2. The first-order valence-corrected chi connectivity index (χ1v) is 6.75. The van der Waals surface area contributed by atoms with Gasteiger partial charge < -0.3 is 20.5 Å². The summed E-state index contributed by atoms with van der Waals surface area (Å²) in [5.41, 5.74) is 0.127. The van der Waals surface area contributed by atoms with Gasteiger partial charge in [-0.1, -0.05) is 0 Å². The molecule has 1 aromatic rings. The number of benzene rings is 1. The van der Waals surface area contributed by atoms with Gasteiger partial charge in [0.2, 0.25) is 0 Å². The summed E-state index contributed by atoms with van der Waals surface area (Å²) < 4.78 is 5.38. The average molecular weight is 392 g/mol. The highest BCUT2D eigenvalue weighted by molar-refractivity contribution is 14.1. The number of aromatic carboxylic acids is 1. The normalized spacial score (nSPS) is 9.70. The van der Waals surface area contributed by atoms with Crippen molar-refractivity contribution in [2.45, 2.75) is 6.92 Å². The Balaban J connectivity index is 2.66. The van der Waals surface area contributed by atoms with Crippen LogP contribution in [-0.4, -0.2) is 36.2 Å². The maximum Gasteiger partial charge on any atom is 0.337 e. The summed E-state index contributed by atoms with van der Waals surface area (Å²) in [5, 5.41) is 13.7. The minimum absolute atomic E-state index is 0.0248. The number of halogens is 1. The van der Waals surface area contributed by atoms with Crippen molar-refractivity contribution >= 4 is 46.2 Å². The molecule has 0 aliphatic carbocycles. The molecule has 0 saturated heterocycles. The molecule has 8 heteroatoms. The van der Waals surface area contributed by atoms with Crippen molar-refractivity contribution in [1.82, 2.24) is 5.32 Å². The van der Waals surface area contributed by atoms with Crippen LogP contribution in [0.4, 0.5) is 10.5 Å². The number of nitrogens with one attached hydrogen (secondary N) is 2. The molecule has 0 fully saturated rings. The molecule has 108 valence electrons. The number of hydrogen-bond acceptors (Lipinski definition) is 4. The molecule has 0 unspecified atom stereocenters. The van der Waals surface area contributed by atoms with Gasteiger partial charge in [-0.05, 0) is 47.7 Å². The molecule has 0 radical (unpaired) electrons. The number of anilines is 1. The van der Waals surface area contributed by atoms with Crippen molar-refractivity contribution in [2.24, 2.45) is 0 Å². The molecule has 0 aromatic heterocycles. The van der Waals surface area contributed by atoms with Gasteiger partial charge in [0.15, 0.2) is 0 Å². The van der Waals surface area contributed by atoms with E-state index < -0.39 is 18.0 Å². The number of carboxylic acid groups (broad SMARTS) is 1. The van der Waals surface area contributed by atoms with E-state index in [1.165, 1.54) is 12.1 Å². The zero-order chi connectivity index (χ0) is 15.1. The van der Waals surface area contributed by atoms with Gasteiger partial charge in [0, 0.05) is 3.57 Å². The lowest BCUT2D eigenvalue weighted by atomic mass is 10.2. The lowest BCUT2D eigenvalue weighted by Gasteiger charge is -2.10. The van der Waals surface area contributed by atoms with Crippen LogP contribution in [0.1, 0.15) is 17.3 Å². The van der Waals surface area contributed by atoms with E-state index in [1.807, 2.05) is 22.6 Å². The Kier molecular flexibility index (Phi) is 6.22. The fourth-order valence-electron chi connectivity index (χ4n) is 1.33. The number of amides is 2. The van der Waals surface area contributed by atoms with Crippen LogP contribution in [0.3, 0.4) is 0 Å². The predicted molar refractivity (Wildman–Crippen MR) is 79.8 cm³/mol. The Bertz CT molecular complexity index is 533. The fourth-order valence-corrected chi connectivity index (χ4v) is 1.82. The summed E-state index contributed by atoms with van der Waals surface area (Å²) in [6, 6.07) is 3.90. The Morgan fingerprint density at radius 1 is 1.35 bits per heavy atom. The highest BCUT2D eigenvalue weighted by Crippen LogP contribution is 2.18. The molecule has 1 rings (SSSR count). The van der Waals surface area contributed by atoms with E-state index in [0.29, 0.717) is 0 Å². The predicted octanol–water partition coefficient (Wildman–Crippen LogP) is 1.67. The van der Waals surface area contributed by atoms with Crippen molar-refractivity contribution < 1.29 is 24.2 Å². The first-order chi connectivity index (χ1) is 9.43. The third-order valence-corrected chi connectivity index (χ3v) is 2.83. The number of rotatable bonds is 5. The van der Waals surface area contributed by atoms with Gasteiger partial charge in [-0.15, -0.1) is 0 Å². The van der Waals surface area contributed by atoms with Gasteiger partial charge >= 0.3 is 18.0 Å². The summed E-state index contributed by atoms with van der Waals surface area (Å²) in [5.74, 6) is -1.71. The smallest absolute Gasteiger partial charge is 0.337 e. The molecule has 0 bridgehead atoms. The minimum atomic E-state index is -1.15. The molecule has 7 nitrogen and oxygen atoms in total. The minimum Gasteiger partial charge on any atom is -0.478 e. The van der Waals surface area contributed by atoms with Crippen LogP contribution >= 0.6 is 22.6 Å². The van der Waals surface area contributed by atoms with E-state index in [2.05, 4.69) is 15.4 Å². The second-order valence-corrected chi connectivity index (χ2v) is 4.85. The van der Waals surface area contributed by atoms with Crippen molar-refractivity contribution in [3.63, 3.8) is 0 Å². The highest BCUT2D eigenvalue weighted by atomic mass is 127. The molecule has 0 aliphatic rings. The number of carbonyl (C=O) groups excluding carboxylic acids is 2. The van der Waals surface area contributed by atoms with Crippen LogP contribution in [-0.2, 0) is 9.53 Å². The molecule has 2 amide bonds. The first-order valence-electron chi connectivity index (χ1n) is 5.67. The van der Waals surface area contributed by atoms with Crippen LogP contribution in [0.25, 0.3) is 0 Å². The van der Waals surface area contributed by atoms with E-state index in [9.17, 15) is 14.4 Å². The number of esters is 1. The lowest BCUT2D eigenvalue weighted by Crippen LogP contribution is -2.34. The van der Waals surface area contributed by atoms with Gasteiger partial charge in [-0.25, -0.2) is 9.59 Å². The van der Waals surface area contributed by atoms with E-state index in [1.54, 1.807) is 13.0 Å². The van der Waals surface area contributed by atoms with E-state index in [0.717, 1.165) is 3.57 Å². The van der Waals surface area contributed by atoms with Crippen molar-refractivity contribution in [3.05, 3.63) is 27.3 Å². The number of carbonyl (C=O) groups is 3. The molecule has 0 heterocycles. The number of hydrogen-bond donors (Lipinski definition) is 3. The Morgan fingerprint density at radius 2 is 2.05 bits per heavy atom. The molecule has 1 aromatic carbocycles. The van der Waals surface area contributed by atoms with Crippen molar-refractivity contribution in [2.75, 3.05) is 18.5 Å². The zero-order valence-corrected chi connectivity index (χ0v) is 12.8. The molecule has 20 heavy (non-hydrogen) atoms. The lowest BCUT2D eigenvalue weighted by molar-refractivity contribution is -0.141. The SMILES string of the molecule is CCOC(=O)CNC(=O)Nc1ccc(I)cc1C(=O)O. The third kappa shape index (κ3) is 5.03. The van der Waals surface area contributed by atoms with Crippen LogP contribution in [0.15, 0.2) is 18.2 Å². The van der Waals surface area contributed by atoms with Crippen molar-refractivity contribution in [1.29, 1.82) is 0 Å². The maximum atomic E-state index is 11.6. The molecule has 0 atom stereocenters. The van der Waals surface area contributed by atoms with Gasteiger partial charge in [-0.2, -0.15) is 0 Å². The number of urea groups is 1. The molecular formula is C12H13IN2O5. The van der Waals surface area contributed by atoms with E-state index in [4.69, 9.17) is 5.11 Å². The Hall–Kier alpha value is -1.84. The van der Waals surface area contributed by atoms with Gasteiger partial charge in [0.1, 0.15) is 6.54 Å². The zero-order valence-electron chi connectivity index (χ0n) is 10.6. The topological polar surface area (TPSA) is 105 Å². The summed E-state index contributed by atoms with van der Waals surface area (Å²) >= 11 is 1.97. The van der Waals surface area contributed by atoms with E-state index >= 15 is 0 Å². The molecule has 0 saturated carbocycles. The quantitative estimate of drug-likeness (QED) is 0.523. The van der Waals surface area contributed by atoms with Gasteiger partial charge in [0.25, 0.3) is 0 Å². The second kappa shape index (κ2) is 7.68. The van der Waals surface area contributed by atoms with Crippen LogP contribution in [0.2, 0.25) is 0 Å². The van der Waals surface area contributed by atoms with E-state index in [-0.39, 0.29) is 24.4 Å². The second-order valence-electron chi connectivity index (χ2n) is 3.61. The van der Waals surface area contributed by atoms with Crippen LogP contribution < -0.4 is 10.6 Å². The molecule has 0 spiro atoms. The summed E-state index contributed by atoms with van der Waals surface area (Å²) in [7, 11) is 0. The summed E-state index contributed by atoms with van der Waals surface area (Å²) in [6.45, 7) is 1.59. The van der Waals surface area contributed by atoms with Gasteiger partial charge in [0.05, 0.1) is 17.9 Å². The fraction of sp³-hybridized carbons (Fsp3) is 0.250. The summed E-state index contributed by atoms with van der Waals surface area (Å²) in [6.07, 6.45) is 0. The number of ether oxygens (including phenoxy) is 1. The number of carboxylic acids is 1. The van der Waals surface area contributed by atoms with Crippen LogP contribution in [0.5, 0.6) is 0 Å². The highest BCUT2D eigenvalue weighted by Gasteiger charge is 2.13. The Morgan fingerprint density at radius 3 is 2.65 bits per heavy atom. The monoisotopic (exact) mass is 392 g/mol. The Labute approximate surface area is 128 Å². The average Bonchev–Trinajstić information content (AvgIpc) is 2.38. The maximum absolute atomic E-state index is 11.6. The largest absolute Gasteiger partial charge is 0.478 e. The molecular weight excluding hydrogens is 379 g/mol. The standard InChI is InChI=1S/C12H13IN2O5/c1-2-20-10(16)6-14-12(19)15-9-4-3-7(13)5-8(9)11(17)18/h3-5H,2,6H2,1H3,(H,17,18)(H2,14,15,19). The third-order valence-electron chi connectivity index (χ3n) is 2.16. The molecule has 0 aliphatic heterocycles. The molecule has 3 N–H and O–H groups in total. The van der Waals surface area contributed by atoms with Crippen LogP contribution in [0, 0.1) is 3.57 Å². The van der Waals surface area contributed by atoms with Crippen molar-refractivity contribution in [3.8, 4) is 0 Å². The van der Waals surface area contributed by atoms with Gasteiger partial charge in [-0.3, -0.25) is 4.79 Å².